The van der Waals surface area contributed by atoms with Crippen LogP contribution in [0.5, 0.6) is 0 Å². The Bertz CT molecular complexity index is 1270. The number of carbonyl (C=O) groups excluding carboxylic acids is 2. The van der Waals surface area contributed by atoms with Crippen LogP contribution in [-0.4, -0.2) is 26.9 Å². The van der Waals surface area contributed by atoms with Gasteiger partial charge in [0.2, 0.25) is 0 Å². The van der Waals surface area contributed by atoms with E-state index in [0.717, 1.165) is 16.7 Å². The molecule has 33 heavy (non-hydrogen) atoms. The van der Waals surface area contributed by atoms with E-state index in [1.54, 1.807) is 25.1 Å². The summed E-state index contributed by atoms with van der Waals surface area (Å²) < 4.78 is 33.4. The lowest BCUT2D eigenvalue weighted by atomic mass is 10.1. The van der Waals surface area contributed by atoms with Crippen LogP contribution in [0, 0.1) is 20.8 Å². The zero-order valence-corrected chi connectivity index (χ0v) is 19.5. The molecule has 0 aromatic heterocycles. The minimum absolute atomic E-state index is 0.0385. The molecule has 7 nitrogen and oxygen atoms in total. The quantitative estimate of drug-likeness (QED) is 0.491. The highest BCUT2D eigenvalue weighted by molar-refractivity contribution is 7.92. The van der Waals surface area contributed by atoms with E-state index in [1.807, 2.05) is 44.2 Å². The molecule has 3 rings (SSSR count). The lowest BCUT2D eigenvalue weighted by molar-refractivity contribution is -0.124. The van der Waals surface area contributed by atoms with Crippen molar-refractivity contribution in [3.05, 3.63) is 94.5 Å². The molecule has 0 bridgehead atoms. The van der Waals surface area contributed by atoms with Crippen LogP contribution < -0.4 is 10.0 Å². The number of rotatable bonds is 8. The van der Waals surface area contributed by atoms with E-state index in [9.17, 15) is 18.0 Å². The Morgan fingerprint density at radius 1 is 0.879 bits per heavy atom. The van der Waals surface area contributed by atoms with Crippen molar-refractivity contribution in [1.29, 1.82) is 0 Å². The summed E-state index contributed by atoms with van der Waals surface area (Å²) in [5.41, 5.74) is 3.89. The van der Waals surface area contributed by atoms with Crippen molar-refractivity contribution < 1.29 is 22.7 Å². The fourth-order valence-corrected chi connectivity index (χ4v) is 4.43. The second-order valence-corrected chi connectivity index (χ2v) is 9.44. The average Bonchev–Trinajstić information content (AvgIpc) is 2.77. The summed E-state index contributed by atoms with van der Waals surface area (Å²) in [5.74, 6) is -1.24. The number of nitrogens with one attached hydrogen (secondary N) is 2. The first-order chi connectivity index (χ1) is 15.6. The summed E-state index contributed by atoms with van der Waals surface area (Å²) in [6.07, 6.45) is 0. The fraction of sp³-hybridized carbons (Fsp3) is 0.200. The minimum Gasteiger partial charge on any atom is -0.452 e. The topological polar surface area (TPSA) is 102 Å². The van der Waals surface area contributed by atoms with E-state index in [1.165, 1.54) is 18.2 Å². The first-order valence-corrected chi connectivity index (χ1v) is 11.8. The Labute approximate surface area is 193 Å². The molecule has 1 amide bonds. The predicted molar refractivity (Wildman–Crippen MR) is 126 cm³/mol. The summed E-state index contributed by atoms with van der Waals surface area (Å²) >= 11 is 0. The third-order valence-corrected chi connectivity index (χ3v) is 6.45. The Kier molecular flexibility index (Phi) is 7.50. The molecule has 2 N–H and O–H groups in total. The number of esters is 1. The van der Waals surface area contributed by atoms with Gasteiger partial charge in [-0.15, -0.1) is 0 Å². The van der Waals surface area contributed by atoms with Crippen molar-refractivity contribution in [3.8, 4) is 0 Å². The van der Waals surface area contributed by atoms with Gasteiger partial charge in [-0.05, 0) is 61.7 Å². The number of hydrogen-bond acceptors (Lipinski definition) is 5. The molecule has 172 valence electrons. The van der Waals surface area contributed by atoms with Crippen molar-refractivity contribution in [3.63, 3.8) is 0 Å². The van der Waals surface area contributed by atoms with Gasteiger partial charge < -0.3 is 10.1 Å². The zero-order valence-electron chi connectivity index (χ0n) is 18.7. The van der Waals surface area contributed by atoms with Crippen LogP contribution in [0.1, 0.15) is 32.6 Å². The van der Waals surface area contributed by atoms with E-state index >= 15 is 0 Å². The van der Waals surface area contributed by atoms with Crippen LogP contribution in [0.3, 0.4) is 0 Å². The van der Waals surface area contributed by atoms with Gasteiger partial charge in [-0.2, -0.15) is 0 Å². The van der Waals surface area contributed by atoms with Crippen LogP contribution >= 0.6 is 0 Å². The molecule has 0 atom stereocenters. The van der Waals surface area contributed by atoms with Crippen molar-refractivity contribution in [2.24, 2.45) is 0 Å². The molecule has 0 heterocycles. The number of anilines is 1. The summed E-state index contributed by atoms with van der Waals surface area (Å²) in [6, 6.07) is 18.9. The van der Waals surface area contributed by atoms with Crippen molar-refractivity contribution in [1.82, 2.24) is 5.32 Å². The zero-order chi connectivity index (χ0) is 24.0. The third-order valence-electron chi connectivity index (χ3n) is 4.93. The first-order valence-electron chi connectivity index (χ1n) is 10.3. The van der Waals surface area contributed by atoms with Gasteiger partial charge >= 0.3 is 5.97 Å². The maximum atomic E-state index is 12.9. The number of amides is 1. The molecule has 3 aromatic carbocycles. The number of benzene rings is 3. The van der Waals surface area contributed by atoms with Gasteiger partial charge in [0.05, 0.1) is 10.5 Å². The molecule has 0 saturated heterocycles. The van der Waals surface area contributed by atoms with E-state index in [-0.39, 0.29) is 10.5 Å². The number of aryl methyl sites for hydroxylation is 3. The van der Waals surface area contributed by atoms with Gasteiger partial charge in [0.15, 0.2) is 6.61 Å². The molecule has 0 saturated carbocycles. The SMILES string of the molecule is Cc1ccc(CNC(=O)COC(=O)c2ccc(C)c(S(=O)(=O)Nc3cccc(C)c3)c2)cc1. The Balaban J connectivity index is 1.63. The third kappa shape index (κ3) is 6.66. The van der Waals surface area contributed by atoms with Crippen molar-refractivity contribution >= 4 is 27.6 Å². The molecule has 0 radical (unpaired) electrons. The highest BCUT2D eigenvalue weighted by Crippen LogP contribution is 2.22. The second kappa shape index (κ2) is 10.3. The maximum absolute atomic E-state index is 12.9. The van der Waals surface area contributed by atoms with Gasteiger partial charge in [0.25, 0.3) is 15.9 Å². The van der Waals surface area contributed by atoms with Gasteiger partial charge in [-0.3, -0.25) is 9.52 Å². The summed E-state index contributed by atoms with van der Waals surface area (Å²) in [7, 11) is -3.93. The lowest BCUT2D eigenvalue weighted by Gasteiger charge is -2.12. The summed E-state index contributed by atoms with van der Waals surface area (Å²) in [5, 5.41) is 2.68. The first kappa shape index (κ1) is 24.0. The molecule has 3 aromatic rings. The Morgan fingerprint density at radius 3 is 2.30 bits per heavy atom. The van der Waals surface area contributed by atoms with Gasteiger partial charge in [0.1, 0.15) is 0 Å². The predicted octanol–water partition coefficient (Wildman–Crippen LogP) is 3.89. The largest absolute Gasteiger partial charge is 0.452 e. The highest BCUT2D eigenvalue weighted by atomic mass is 32.2. The van der Waals surface area contributed by atoms with E-state index < -0.39 is 28.5 Å². The monoisotopic (exact) mass is 466 g/mol. The molecule has 0 unspecified atom stereocenters. The number of hydrogen-bond donors (Lipinski definition) is 2. The molecule has 0 fully saturated rings. The number of sulfonamides is 1. The molecule has 0 aliphatic carbocycles. The summed E-state index contributed by atoms with van der Waals surface area (Å²) in [4.78, 5) is 24.4. The van der Waals surface area contributed by atoms with Crippen LogP contribution in [-0.2, 0) is 26.1 Å². The molecule has 0 spiro atoms. The molecular weight excluding hydrogens is 440 g/mol. The van der Waals surface area contributed by atoms with Gasteiger partial charge in [0, 0.05) is 12.2 Å². The average molecular weight is 467 g/mol. The second-order valence-electron chi connectivity index (χ2n) is 7.79. The number of ether oxygens (including phenoxy) is 1. The molecular formula is C25H26N2O5S. The molecule has 0 aliphatic heterocycles. The Morgan fingerprint density at radius 2 is 1.61 bits per heavy atom. The lowest BCUT2D eigenvalue weighted by Crippen LogP contribution is -2.28. The van der Waals surface area contributed by atoms with E-state index in [0.29, 0.717) is 17.8 Å². The van der Waals surface area contributed by atoms with Crippen LogP contribution in [0.4, 0.5) is 5.69 Å². The van der Waals surface area contributed by atoms with Crippen LogP contribution in [0.2, 0.25) is 0 Å². The smallest absolute Gasteiger partial charge is 0.338 e. The van der Waals surface area contributed by atoms with Crippen molar-refractivity contribution in [2.75, 3.05) is 11.3 Å². The van der Waals surface area contributed by atoms with Gasteiger partial charge in [-0.1, -0.05) is 48.0 Å². The maximum Gasteiger partial charge on any atom is 0.338 e. The minimum atomic E-state index is -3.93. The number of carbonyl (C=O) groups is 2. The molecule has 8 heteroatoms. The standard InChI is InChI=1S/C25H26N2O5S/c1-17-7-10-20(11-8-17)15-26-24(28)16-32-25(29)21-12-9-19(3)23(14-21)33(30,31)27-22-6-4-5-18(2)13-22/h4-14,27H,15-16H2,1-3H3,(H,26,28). The van der Waals surface area contributed by atoms with E-state index in [4.69, 9.17) is 4.74 Å². The van der Waals surface area contributed by atoms with Crippen molar-refractivity contribution in [2.45, 2.75) is 32.2 Å². The Hall–Kier alpha value is -3.65. The van der Waals surface area contributed by atoms with Gasteiger partial charge in [-0.25, -0.2) is 13.2 Å². The molecule has 0 aliphatic rings. The van der Waals surface area contributed by atoms with Crippen LogP contribution in [0.15, 0.2) is 71.6 Å². The fourth-order valence-electron chi connectivity index (χ4n) is 3.11. The highest BCUT2D eigenvalue weighted by Gasteiger charge is 2.20. The normalized spacial score (nSPS) is 11.0. The van der Waals surface area contributed by atoms with Crippen LogP contribution in [0.25, 0.3) is 0 Å². The van der Waals surface area contributed by atoms with E-state index in [2.05, 4.69) is 10.0 Å². The summed E-state index contributed by atoms with van der Waals surface area (Å²) in [6.45, 7) is 5.31.